The Balaban J connectivity index is 0.00000392. The summed E-state index contributed by atoms with van der Waals surface area (Å²) >= 11 is 0. The van der Waals surface area contributed by atoms with Crippen molar-refractivity contribution in [1.29, 1.82) is 0 Å². The summed E-state index contributed by atoms with van der Waals surface area (Å²) < 4.78 is 28.3. The van der Waals surface area contributed by atoms with Crippen LogP contribution in [0.3, 0.4) is 0 Å². The second-order valence-corrected chi connectivity index (χ2v) is 7.44. The summed E-state index contributed by atoms with van der Waals surface area (Å²) in [6, 6.07) is 14.4. The van der Waals surface area contributed by atoms with E-state index < -0.39 is 10.0 Å². The number of methoxy groups -OCH3 is 1. The Morgan fingerprint density at radius 3 is 2.57 bits per heavy atom. The SMILES string of the molecule is CCNC(=NCc1cccc(S(N)(=O)=O)c1)NCCc1ccccc1OC.I. The second-order valence-electron chi connectivity index (χ2n) is 5.88. The van der Waals surface area contributed by atoms with Gasteiger partial charge in [-0.2, -0.15) is 0 Å². The van der Waals surface area contributed by atoms with Gasteiger partial charge in [0.1, 0.15) is 5.75 Å². The number of primary sulfonamides is 1. The van der Waals surface area contributed by atoms with Gasteiger partial charge in [-0.15, -0.1) is 24.0 Å². The summed E-state index contributed by atoms with van der Waals surface area (Å²) in [5.74, 6) is 1.52. The number of benzene rings is 2. The Kier molecular flexibility index (Phi) is 10.3. The van der Waals surface area contributed by atoms with Crippen LogP contribution in [-0.2, 0) is 23.0 Å². The van der Waals surface area contributed by atoms with Gasteiger partial charge in [-0.25, -0.2) is 18.5 Å². The summed E-state index contributed by atoms with van der Waals surface area (Å²) in [6.45, 7) is 3.73. The molecular formula is C19H27IN4O3S. The molecule has 7 nitrogen and oxygen atoms in total. The highest BCUT2D eigenvalue weighted by Gasteiger charge is 2.08. The molecule has 0 fully saturated rings. The maximum atomic E-state index is 11.5. The lowest BCUT2D eigenvalue weighted by Crippen LogP contribution is -2.38. The van der Waals surface area contributed by atoms with E-state index in [-0.39, 0.29) is 28.9 Å². The van der Waals surface area contributed by atoms with Crippen LogP contribution >= 0.6 is 24.0 Å². The second kappa shape index (κ2) is 11.9. The van der Waals surface area contributed by atoms with Crippen LogP contribution in [0.4, 0.5) is 0 Å². The molecule has 0 spiro atoms. The van der Waals surface area contributed by atoms with Gasteiger partial charge in [0.05, 0.1) is 18.6 Å². The monoisotopic (exact) mass is 518 g/mol. The van der Waals surface area contributed by atoms with Crippen LogP contribution in [0.15, 0.2) is 58.4 Å². The minimum Gasteiger partial charge on any atom is -0.496 e. The Labute approximate surface area is 183 Å². The number of aliphatic imine (C=N–C) groups is 1. The molecule has 0 unspecified atom stereocenters. The standard InChI is InChI=1S/C19H26N4O3S.HI/c1-3-21-19(22-12-11-16-8-4-5-10-18(16)26-2)23-14-15-7-6-9-17(13-15)27(20,24)25;/h4-10,13H,3,11-12,14H2,1-2H3,(H2,20,24,25)(H2,21,22,23);1H. The summed E-state index contributed by atoms with van der Waals surface area (Å²) in [5.41, 5.74) is 1.88. The summed E-state index contributed by atoms with van der Waals surface area (Å²) in [6.07, 6.45) is 0.787. The van der Waals surface area contributed by atoms with Crippen LogP contribution in [0.2, 0.25) is 0 Å². The number of rotatable bonds is 8. The number of hydrogen-bond acceptors (Lipinski definition) is 4. The Morgan fingerprint density at radius 2 is 1.89 bits per heavy atom. The molecule has 0 aliphatic rings. The molecule has 0 aliphatic heterocycles. The molecule has 154 valence electrons. The van der Waals surface area contributed by atoms with Gasteiger partial charge in [-0.1, -0.05) is 30.3 Å². The fourth-order valence-electron chi connectivity index (χ4n) is 2.56. The van der Waals surface area contributed by atoms with Crippen LogP contribution in [-0.4, -0.2) is 34.6 Å². The molecule has 0 atom stereocenters. The van der Waals surface area contributed by atoms with Gasteiger partial charge in [0.15, 0.2) is 5.96 Å². The molecule has 0 aliphatic carbocycles. The van der Waals surface area contributed by atoms with Crippen molar-refractivity contribution < 1.29 is 13.2 Å². The van der Waals surface area contributed by atoms with Gasteiger partial charge >= 0.3 is 0 Å². The molecular weight excluding hydrogens is 491 g/mol. The van der Waals surface area contributed by atoms with Crippen LogP contribution in [0.25, 0.3) is 0 Å². The van der Waals surface area contributed by atoms with Crippen LogP contribution in [0.1, 0.15) is 18.1 Å². The molecule has 28 heavy (non-hydrogen) atoms. The average molecular weight is 518 g/mol. The molecule has 4 N–H and O–H groups in total. The number of nitrogens with one attached hydrogen (secondary N) is 2. The smallest absolute Gasteiger partial charge is 0.238 e. The van der Waals surface area contributed by atoms with Crippen molar-refractivity contribution in [3.8, 4) is 5.75 Å². The van der Waals surface area contributed by atoms with E-state index >= 15 is 0 Å². The number of halogens is 1. The van der Waals surface area contributed by atoms with E-state index in [9.17, 15) is 8.42 Å². The van der Waals surface area contributed by atoms with Crippen molar-refractivity contribution in [3.63, 3.8) is 0 Å². The van der Waals surface area contributed by atoms with Crippen LogP contribution in [0, 0.1) is 0 Å². The van der Waals surface area contributed by atoms with Gasteiger partial charge in [0, 0.05) is 13.1 Å². The summed E-state index contributed by atoms with van der Waals surface area (Å²) in [4.78, 5) is 4.60. The highest BCUT2D eigenvalue weighted by atomic mass is 127. The molecule has 2 aromatic carbocycles. The first kappa shape index (κ1) is 24.2. The molecule has 0 bridgehead atoms. The van der Waals surface area contributed by atoms with E-state index in [1.54, 1.807) is 13.2 Å². The zero-order chi connectivity index (χ0) is 19.7. The van der Waals surface area contributed by atoms with Gasteiger partial charge in [0.25, 0.3) is 0 Å². The summed E-state index contributed by atoms with van der Waals surface area (Å²) in [5, 5.41) is 11.6. The van der Waals surface area contributed by atoms with Crippen molar-refractivity contribution in [2.75, 3.05) is 20.2 Å². The molecule has 0 radical (unpaired) electrons. The number of hydrogen-bond donors (Lipinski definition) is 3. The van der Waals surface area contributed by atoms with E-state index in [2.05, 4.69) is 15.6 Å². The van der Waals surface area contributed by atoms with E-state index in [4.69, 9.17) is 9.88 Å². The fourth-order valence-corrected chi connectivity index (χ4v) is 3.14. The zero-order valence-corrected chi connectivity index (χ0v) is 19.2. The zero-order valence-electron chi connectivity index (χ0n) is 16.0. The summed E-state index contributed by atoms with van der Waals surface area (Å²) in [7, 11) is -2.06. The maximum Gasteiger partial charge on any atom is 0.238 e. The predicted molar refractivity (Wildman–Crippen MR) is 123 cm³/mol. The molecule has 0 amide bonds. The molecule has 0 aromatic heterocycles. The maximum absolute atomic E-state index is 11.5. The first-order valence-corrected chi connectivity index (χ1v) is 10.2. The molecule has 2 aromatic rings. The third-order valence-corrected chi connectivity index (χ3v) is 4.78. The van der Waals surface area contributed by atoms with E-state index in [1.165, 1.54) is 12.1 Å². The molecule has 0 saturated heterocycles. The third-order valence-electron chi connectivity index (χ3n) is 3.87. The van der Waals surface area contributed by atoms with Crippen molar-refractivity contribution in [3.05, 3.63) is 59.7 Å². The van der Waals surface area contributed by atoms with E-state index in [0.717, 1.165) is 29.8 Å². The minimum atomic E-state index is -3.72. The van der Waals surface area contributed by atoms with Crippen LogP contribution in [0.5, 0.6) is 5.75 Å². The number of para-hydroxylation sites is 1. The number of ether oxygens (including phenoxy) is 1. The number of nitrogens with two attached hydrogens (primary N) is 1. The first-order valence-electron chi connectivity index (χ1n) is 8.70. The number of guanidine groups is 1. The average Bonchev–Trinajstić information content (AvgIpc) is 2.66. The first-order chi connectivity index (χ1) is 12.9. The number of sulfonamides is 1. The van der Waals surface area contributed by atoms with Crippen LogP contribution < -0.4 is 20.5 Å². The molecule has 0 heterocycles. The minimum absolute atomic E-state index is 0. The third kappa shape index (κ3) is 7.64. The lowest BCUT2D eigenvalue weighted by atomic mass is 10.1. The highest BCUT2D eigenvalue weighted by Crippen LogP contribution is 2.17. The molecule has 2 rings (SSSR count). The topological polar surface area (TPSA) is 106 Å². The van der Waals surface area contributed by atoms with E-state index in [1.807, 2.05) is 37.3 Å². The predicted octanol–water partition coefficient (Wildman–Crippen LogP) is 2.26. The lowest BCUT2D eigenvalue weighted by molar-refractivity contribution is 0.409. The van der Waals surface area contributed by atoms with Crippen molar-refractivity contribution in [2.24, 2.45) is 10.1 Å². The normalized spacial score (nSPS) is 11.5. The largest absolute Gasteiger partial charge is 0.496 e. The molecule has 0 saturated carbocycles. The Hall–Kier alpha value is -1.85. The molecule has 9 heteroatoms. The van der Waals surface area contributed by atoms with Gasteiger partial charge < -0.3 is 15.4 Å². The van der Waals surface area contributed by atoms with Gasteiger partial charge in [0.2, 0.25) is 10.0 Å². The van der Waals surface area contributed by atoms with Crippen molar-refractivity contribution in [2.45, 2.75) is 24.8 Å². The Bertz CT molecular complexity index is 888. The van der Waals surface area contributed by atoms with Gasteiger partial charge in [-0.05, 0) is 42.7 Å². The number of nitrogens with zero attached hydrogens (tertiary/aromatic N) is 1. The van der Waals surface area contributed by atoms with Gasteiger partial charge in [-0.3, -0.25) is 0 Å². The quantitative estimate of drug-likeness (QED) is 0.283. The van der Waals surface area contributed by atoms with E-state index in [0.29, 0.717) is 19.0 Å². The lowest BCUT2D eigenvalue weighted by Gasteiger charge is -2.13. The fraction of sp³-hybridized carbons (Fsp3) is 0.316. The van der Waals surface area contributed by atoms with Crippen molar-refractivity contribution >= 4 is 40.0 Å². The van der Waals surface area contributed by atoms with Crippen molar-refractivity contribution in [1.82, 2.24) is 10.6 Å². The Morgan fingerprint density at radius 1 is 1.14 bits per heavy atom. The highest BCUT2D eigenvalue weighted by molar-refractivity contribution is 14.0.